The number of carbonyl (C=O) groups excluding carboxylic acids is 1. The monoisotopic (exact) mass is 287 g/mol. The molecule has 0 aliphatic carbocycles. The molecular weight excluding hydrogens is 266 g/mol. The van der Waals surface area contributed by atoms with Gasteiger partial charge in [0.05, 0.1) is 0 Å². The number of hydrogen-bond acceptors (Lipinski definition) is 4. The zero-order valence-corrected chi connectivity index (χ0v) is 12.1. The first-order valence-corrected chi connectivity index (χ1v) is 7.55. The smallest absolute Gasteiger partial charge is 0.269 e. The lowest BCUT2D eigenvalue weighted by atomic mass is 9.87. The lowest BCUT2D eigenvalue weighted by Crippen LogP contribution is -2.43. The van der Waals surface area contributed by atoms with Gasteiger partial charge in [-0.1, -0.05) is 35.5 Å². The van der Waals surface area contributed by atoms with Crippen LogP contribution in [0.15, 0.2) is 35.5 Å². The van der Waals surface area contributed by atoms with Gasteiger partial charge in [0.1, 0.15) is 11.3 Å². The number of nitrogens with zero attached hydrogens (tertiary/aromatic N) is 1. The van der Waals surface area contributed by atoms with E-state index in [1.165, 1.54) is 5.56 Å². The first-order valence-electron chi connectivity index (χ1n) is 7.55. The number of rotatable bonds is 4. The molecule has 0 saturated carbocycles. The summed E-state index contributed by atoms with van der Waals surface area (Å²) in [5.41, 5.74) is 1.51. The molecule has 0 bridgehead atoms. The first kappa shape index (κ1) is 14.1. The van der Waals surface area contributed by atoms with Crippen molar-refractivity contribution in [2.75, 3.05) is 19.6 Å². The minimum absolute atomic E-state index is 0.0960. The van der Waals surface area contributed by atoms with E-state index in [2.05, 4.69) is 27.9 Å². The Morgan fingerprint density at radius 3 is 2.81 bits per heavy atom. The van der Waals surface area contributed by atoms with Crippen LogP contribution in [0.3, 0.4) is 0 Å². The fourth-order valence-electron chi connectivity index (χ4n) is 2.86. The molecule has 1 aromatic carbocycles. The molecule has 5 heteroatoms. The average Bonchev–Trinajstić information content (AvgIpc) is 2.93. The van der Waals surface area contributed by atoms with E-state index in [1.807, 2.05) is 18.2 Å². The van der Waals surface area contributed by atoms with Gasteiger partial charge in [0, 0.05) is 25.8 Å². The third-order valence-electron chi connectivity index (χ3n) is 4.16. The van der Waals surface area contributed by atoms with Crippen molar-refractivity contribution >= 4 is 11.6 Å². The summed E-state index contributed by atoms with van der Waals surface area (Å²) in [4.78, 5) is 17.7. The standard InChI is InChI=1S/C16H21N3O2/c20-15(18-9-6-13-4-2-1-3-5-13)14-12-16(21-19-14)7-10-17-11-8-16/h1-5,17H,6-12H2,(H,18,20). The molecule has 1 amide bonds. The fourth-order valence-corrected chi connectivity index (χ4v) is 2.86. The Bertz CT molecular complexity index is 522. The lowest BCUT2D eigenvalue weighted by Gasteiger charge is -2.30. The molecule has 112 valence electrons. The number of piperidine rings is 1. The van der Waals surface area contributed by atoms with Crippen LogP contribution in [0.5, 0.6) is 0 Å². The molecule has 1 aromatic rings. The number of nitrogens with one attached hydrogen (secondary N) is 2. The lowest BCUT2D eigenvalue weighted by molar-refractivity contribution is -0.114. The predicted molar refractivity (Wildman–Crippen MR) is 81.1 cm³/mol. The zero-order valence-electron chi connectivity index (χ0n) is 12.1. The van der Waals surface area contributed by atoms with E-state index in [0.717, 1.165) is 32.4 Å². The Labute approximate surface area is 124 Å². The van der Waals surface area contributed by atoms with Gasteiger partial charge < -0.3 is 15.5 Å². The van der Waals surface area contributed by atoms with Crippen LogP contribution in [0.4, 0.5) is 0 Å². The Morgan fingerprint density at radius 1 is 1.29 bits per heavy atom. The second-order valence-electron chi connectivity index (χ2n) is 5.73. The van der Waals surface area contributed by atoms with E-state index < -0.39 is 0 Å². The normalized spacial score (nSPS) is 19.9. The molecule has 21 heavy (non-hydrogen) atoms. The maximum absolute atomic E-state index is 12.1. The molecule has 5 nitrogen and oxygen atoms in total. The van der Waals surface area contributed by atoms with Gasteiger partial charge in [0.2, 0.25) is 0 Å². The van der Waals surface area contributed by atoms with Crippen LogP contribution in [-0.4, -0.2) is 36.9 Å². The molecule has 1 spiro atoms. The minimum atomic E-state index is -0.239. The third-order valence-corrected chi connectivity index (χ3v) is 4.16. The summed E-state index contributed by atoms with van der Waals surface area (Å²) in [7, 11) is 0. The van der Waals surface area contributed by atoms with E-state index in [4.69, 9.17) is 4.84 Å². The molecule has 0 unspecified atom stereocenters. The molecule has 1 fully saturated rings. The summed E-state index contributed by atoms with van der Waals surface area (Å²) in [5.74, 6) is -0.0960. The zero-order chi connectivity index (χ0) is 14.5. The molecule has 3 rings (SSSR count). The van der Waals surface area contributed by atoms with Crippen LogP contribution in [0, 0.1) is 0 Å². The fraction of sp³-hybridized carbons (Fsp3) is 0.500. The van der Waals surface area contributed by atoms with Crippen LogP contribution in [0.2, 0.25) is 0 Å². The molecule has 2 aliphatic rings. The Morgan fingerprint density at radius 2 is 2.05 bits per heavy atom. The van der Waals surface area contributed by atoms with Gasteiger partial charge in [-0.25, -0.2) is 0 Å². The number of oxime groups is 1. The van der Waals surface area contributed by atoms with E-state index in [-0.39, 0.29) is 11.5 Å². The van der Waals surface area contributed by atoms with Gasteiger partial charge in [-0.05, 0) is 25.1 Å². The highest BCUT2D eigenvalue weighted by molar-refractivity contribution is 6.39. The third kappa shape index (κ3) is 3.42. The molecule has 0 radical (unpaired) electrons. The van der Waals surface area contributed by atoms with Crippen molar-refractivity contribution in [3.05, 3.63) is 35.9 Å². The van der Waals surface area contributed by atoms with Crippen LogP contribution < -0.4 is 10.6 Å². The maximum atomic E-state index is 12.1. The molecule has 2 heterocycles. The highest BCUT2D eigenvalue weighted by Gasteiger charge is 2.41. The SMILES string of the molecule is O=C(NCCc1ccccc1)C1=NOC2(CCNCC2)C1. The largest absolute Gasteiger partial charge is 0.388 e. The summed E-state index contributed by atoms with van der Waals surface area (Å²) in [6.45, 7) is 2.48. The molecule has 0 aromatic heterocycles. The van der Waals surface area contributed by atoms with Gasteiger partial charge in [-0.3, -0.25) is 4.79 Å². The predicted octanol–water partition coefficient (Wildman–Crippen LogP) is 1.24. The maximum Gasteiger partial charge on any atom is 0.269 e. The van der Waals surface area contributed by atoms with Crippen LogP contribution in [0.1, 0.15) is 24.8 Å². The highest BCUT2D eigenvalue weighted by Crippen LogP contribution is 2.32. The first-order chi connectivity index (χ1) is 10.3. The van der Waals surface area contributed by atoms with Crippen molar-refractivity contribution in [1.82, 2.24) is 10.6 Å². The second-order valence-corrected chi connectivity index (χ2v) is 5.73. The topological polar surface area (TPSA) is 62.7 Å². The average molecular weight is 287 g/mol. The van der Waals surface area contributed by atoms with Crippen molar-refractivity contribution in [3.8, 4) is 0 Å². The molecule has 2 N–H and O–H groups in total. The van der Waals surface area contributed by atoms with Crippen molar-refractivity contribution in [2.24, 2.45) is 5.16 Å². The Kier molecular flexibility index (Phi) is 4.20. The van der Waals surface area contributed by atoms with Gasteiger partial charge in [-0.2, -0.15) is 0 Å². The molecule has 0 atom stereocenters. The summed E-state index contributed by atoms with van der Waals surface area (Å²) < 4.78 is 0. The highest BCUT2D eigenvalue weighted by atomic mass is 16.7. The summed E-state index contributed by atoms with van der Waals surface area (Å²) >= 11 is 0. The Balaban J connectivity index is 1.46. The van der Waals surface area contributed by atoms with Crippen molar-refractivity contribution < 1.29 is 9.63 Å². The van der Waals surface area contributed by atoms with Crippen molar-refractivity contribution in [3.63, 3.8) is 0 Å². The summed E-state index contributed by atoms with van der Waals surface area (Å²) in [5, 5.41) is 10.2. The molecule has 2 aliphatic heterocycles. The molecular formula is C16H21N3O2. The number of hydrogen-bond donors (Lipinski definition) is 2. The quantitative estimate of drug-likeness (QED) is 0.876. The Hall–Kier alpha value is -1.88. The van der Waals surface area contributed by atoms with E-state index >= 15 is 0 Å². The van der Waals surface area contributed by atoms with Gasteiger partial charge in [-0.15, -0.1) is 0 Å². The minimum Gasteiger partial charge on any atom is -0.388 e. The van der Waals surface area contributed by atoms with Crippen molar-refractivity contribution in [2.45, 2.75) is 31.3 Å². The number of carbonyl (C=O) groups is 1. The van der Waals surface area contributed by atoms with E-state index in [9.17, 15) is 4.79 Å². The number of benzene rings is 1. The van der Waals surface area contributed by atoms with Crippen LogP contribution >= 0.6 is 0 Å². The second kappa shape index (κ2) is 6.26. The van der Waals surface area contributed by atoms with Gasteiger partial charge >= 0.3 is 0 Å². The van der Waals surface area contributed by atoms with Crippen molar-refractivity contribution in [1.29, 1.82) is 0 Å². The number of amides is 1. The molecule has 1 saturated heterocycles. The van der Waals surface area contributed by atoms with Crippen LogP contribution in [0.25, 0.3) is 0 Å². The summed E-state index contributed by atoms with van der Waals surface area (Å²) in [6, 6.07) is 10.1. The summed E-state index contributed by atoms with van der Waals surface area (Å²) in [6.07, 6.45) is 3.29. The van der Waals surface area contributed by atoms with Gasteiger partial charge in [0.25, 0.3) is 5.91 Å². The van der Waals surface area contributed by atoms with E-state index in [0.29, 0.717) is 18.7 Å². The van der Waals surface area contributed by atoms with E-state index in [1.54, 1.807) is 0 Å². The van der Waals surface area contributed by atoms with Gasteiger partial charge in [0.15, 0.2) is 0 Å². The van der Waals surface area contributed by atoms with Crippen LogP contribution in [-0.2, 0) is 16.1 Å².